The Kier molecular flexibility index (Phi) is 7.45. The summed E-state index contributed by atoms with van der Waals surface area (Å²) in [6.45, 7) is 0. The predicted molar refractivity (Wildman–Crippen MR) is 118 cm³/mol. The summed E-state index contributed by atoms with van der Waals surface area (Å²) in [6.07, 6.45) is 0. The number of carboxylic acid groups (broad SMARTS) is 1. The third-order valence-electron chi connectivity index (χ3n) is 4.04. The molecule has 0 aliphatic heterocycles. The van der Waals surface area contributed by atoms with Crippen LogP contribution in [-0.4, -0.2) is 59.8 Å². The predicted octanol–water partition coefficient (Wildman–Crippen LogP) is -0.545. The second-order valence-corrected chi connectivity index (χ2v) is 10.7. The van der Waals surface area contributed by atoms with Gasteiger partial charge in [0.05, 0.1) is 22.0 Å². The van der Waals surface area contributed by atoms with Gasteiger partial charge < -0.3 is 16.6 Å². The molecule has 0 saturated carbocycles. The molecular formula is C16H16N4O12S3. The molecule has 0 bridgehead atoms. The summed E-state index contributed by atoms with van der Waals surface area (Å²) < 4.78 is 91.9. The standard InChI is InChI=1S/C10H9N3O6S.C6H7NO6S2/c11-6-2-1-5(3-8(6)20(17,18)19)13-9(14)4-7(12-13)10(15)16;7-5-3-4(14(8,9)10)1-2-6(5)15(11,12)13/h1-4,12H,11H2,(H,15,16)(H,17,18,19);1-3H,7H2,(H,8,9,10)(H,11,12,13). The number of hydrogen-bond acceptors (Lipinski definition) is 10. The number of aromatic amines is 1. The first-order valence-corrected chi connectivity index (χ1v) is 12.9. The van der Waals surface area contributed by atoms with Crippen molar-refractivity contribution in [2.24, 2.45) is 0 Å². The molecule has 0 unspecified atom stereocenters. The van der Waals surface area contributed by atoms with Gasteiger partial charge in [-0.3, -0.25) is 23.6 Å². The van der Waals surface area contributed by atoms with Crippen LogP contribution in [0.2, 0.25) is 0 Å². The average molecular weight is 553 g/mol. The lowest BCUT2D eigenvalue weighted by Crippen LogP contribution is -2.14. The molecule has 0 spiro atoms. The number of carboxylic acids is 1. The summed E-state index contributed by atoms with van der Waals surface area (Å²) in [5.74, 6) is -1.34. The minimum atomic E-state index is -4.56. The maximum absolute atomic E-state index is 11.6. The number of H-pyrrole nitrogens is 1. The van der Waals surface area contributed by atoms with Crippen LogP contribution >= 0.6 is 0 Å². The first-order chi connectivity index (χ1) is 15.8. The average Bonchev–Trinajstić information content (AvgIpc) is 3.08. The minimum Gasteiger partial charge on any atom is -0.477 e. The number of aromatic carboxylic acids is 1. The summed E-state index contributed by atoms with van der Waals surface area (Å²) in [4.78, 5) is 20.6. The third kappa shape index (κ3) is 6.65. The molecule has 0 radical (unpaired) electrons. The fourth-order valence-corrected chi connectivity index (χ4v) is 4.25. The highest BCUT2D eigenvalue weighted by molar-refractivity contribution is 7.86. The highest BCUT2D eigenvalue weighted by atomic mass is 32.2. The quantitative estimate of drug-likeness (QED) is 0.154. The molecule has 16 nitrogen and oxygen atoms in total. The van der Waals surface area contributed by atoms with Crippen LogP contribution in [0.25, 0.3) is 5.69 Å². The van der Waals surface area contributed by atoms with Gasteiger partial charge in [0.1, 0.15) is 15.5 Å². The zero-order valence-electron chi connectivity index (χ0n) is 16.9. The molecule has 9 N–H and O–H groups in total. The van der Waals surface area contributed by atoms with E-state index in [0.717, 1.165) is 35.0 Å². The van der Waals surface area contributed by atoms with Crippen molar-refractivity contribution in [1.29, 1.82) is 0 Å². The molecule has 0 aliphatic rings. The highest BCUT2D eigenvalue weighted by Crippen LogP contribution is 2.22. The molecule has 0 saturated heterocycles. The van der Waals surface area contributed by atoms with E-state index in [2.05, 4.69) is 5.10 Å². The van der Waals surface area contributed by atoms with Gasteiger partial charge in [-0.2, -0.15) is 25.3 Å². The van der Waals surface area contributed by atoms with Gasteiger partial charge in [0, 0.05) is 6.07 Å². The number of nitrogens with one attached hydrogen (secondary N) is 1. The number of hydrogen-bond donors (Lipinski definition) is 7. The summed E-state index contributed by atoms with van der Waals surface area (Å²) >= 11 is 0. The van der Waals surface area contributed by atoms with E-state index < -0.39 is 62.3 Å². The second kappa shape index (κ2) is 9.48. The van der Waals surface area contributed by atoms with Crippen LogP contribution in [0.15, 0.2) is 61.9 Å². The summed E-state index contributed by atoms with van der Waals surface area (Å²) in [5.41, 5.74) is 8.90. The molecule has 2 aromatic carbocycles. The van der Waals surface area contributed by atoms with Crippen molar-refractivity contribution < 1.29 is 48.8 Å². The Morgan fingerprint density at radius 3 is 1.77 bits per heavy atom. The molecule has 1 heterocycles. The number of rotatable bonds is 5. The van der Waals surface area contributed by atoms with Crippen molar-refractivity contribution in [2.45, 2.75) is 14.7 Å². The minimum absolute atomic E-state index is 0.0179. The van der Waals surface area contributed by atoms with Crippen LogP contribution < -0.4 is 17.0 Å². The molecule has 3 rings (SSSR count). The maximum atomic E-state index is 11.6. The number of anilines is 2. The molecule has 0 fully saturated rings. The zero-order chi connectivity index (χ0) is 26.9. The van der Waals surface area contributed by atoms with E-state index in [9.17, 15) is 34.8 Å². The molecule has 190 valence electrons. The first-order valence-electron chi connectivity index (χ1n) is 8.59. The monoisotopic (exact) mass is 552 g/mol. The molecule has 0 amide bonds. The first kappa shape index (κ1) is 27.5. The van der Waals surface area contributed by atoms with Gasteiger partial charge >= 0.3 is 5.97 Å². The van der Waals surface area contributed by atoms with Crippen LogP contribution in [0.1, 0.15) is 10.5 Å². The molecular weight excluding hydrogens is 536 g/mol. The Morgan fingerprint density at radius 2 is 1.34 bits per heavy atom. The lowest BCUT2D eigenvalue weighted by Gasteiger charge is -2.06. The van der Waals surface area contributed by atoms with Crippen molar-refractivity contribution in [1.82, 2.24) is 9.78 Å². The van der Waals surface area contributed by atoms with Crippen LogP contribution in [-0.2, 0) is 30.4 Å². The van der Waals surface area contributed by atoms with E-state index in [1.807, 2.05) is 0 Å². The van der Waals surface area contributed by atoms with Crippen molar-refractivity contribution in [2.75, 3.05) is 11.5 Å². The Bertz CT molecular complexity index is 1690. The lowest BCUT2D eigenvalue weighted by molar-refractivity contribution is 0.0690. The highest BCUT2D eigenvalue weighted by Gasteiger charge is 2.18. The topological polar surface area (TPSA) is 290 Å². The normalized spacial score (nSPS) is 12.0. The molecule has 0 aliphatic carbocycles. The van der Waals surface area contributed by atoms with Gasteiger partial charge in [0.25, 0.3) is 35.9 Å². The number of nitrogens with zero attached hydrogens (tertiary/aromatic N) is 1. The molecule has 35 heavy (non-hydrogen) atoms. The van der Waals surface area contributed by atoms with E-state index in [0.29, 0.717) is 0 Å². The number of benzene rings is 2. The van der Waals surface area contributed by atoms with Gasteiger partial charge in [-0.1, -0.05) is 0 Å². The Morgan fingerprint density at radius 1 is 0.771 bits per heavy atom. The van der Waals surface area contributed by atoms with Crippen LogP contribution in [0, 0.1) is 0 Å². The largest absolute Gasteiger partial charge is 0.477 e. The van der Waals surface area contributed by atoms with E-state index in [-0.39, 0.29) is 17.1 Å². The van der Waals surface area contributed by atoms with Crippen LogP contribution in [0.3, 0.4) is 0 Å². The SMILES string of the molecule is Nc1cc(S(=O)(=O)O)ccc1S(=O)(=O)O.Nc1ccc(-n2[nH]c(C(=O)O)cc2=O)cc1S(=O)(=O)O. The Labute approximate surface area is 196 Å². The van der Waals surface area contributed by atoms with Crippen molar-refractivity contribution in [3.05, 3.63) is 58.5 Å². The molecule has 3 aromatic rings. The van der Waals surface area contributed by atoms with Crippen molar-refractivity contribution in [3.8, 4) is 5.69 Å². The van der Waals surface area contributed by atoms with Crippen molar-refractivity contribution in [3.63, 3.8) is 0 Å². The van der Waals surface area contributed by atoms with E-state index >= 15 is 0 Å². The summed E-state index contributed by atoms with van der Waals surface area (Å²) in [6, 6.07) is 6.60. The Hall–Kier alpha value is -3.75. The van der Waals surface area contributed by atoms with Gasteiger partial charge in [-0.05, 0) is 36.4 Å². The summed E-state index contributed by atoms with van der Waals surface area (Å²) in [7, 11) is -13.5. The van der Waals surface area contributed by atoms with E-state index in [1.165, 1.54) is 12.1 Å². The van der Waals surface area contributed by atoms with Gasteiger partial charge in [0.2, 0.25) is 0 Å². The molecule has 0 atom stereocenters. The van der Waals surface area contributed by atoms with Gasteiger partial charge in [0.15, 0.2) is 0 Å². The lowest BCUT2D eigenvalue weighted by atomic mass is 10.3. The third-order valence-corrected chi connectivity index (χ3v) is 6.73. The fraction of sp³-hybridized carbons (Fsp3) is 0. The zero-order valence-corrected chi connectivity index (χ0v) is 19.4. The number of carbonyl (C=O) groups is 1. The number of aromatic nitrogens is 2. The van der Waals surface area contributed by atoms with E-state index in [4.69, 9.17) is 30.2 Å². The summed E-state index contributed by atoms with van der Waals surface area (Å²) in [5, 5.41) is 11.0. The van der Waals surface area contributed by atoms with Crippen LogP contribution in [0.5, 0.6) is 0 Å². The van der Waals surface area contributed by atoms with Crippen LogP contribution in [0.4, 0.5) is 11.4 Å². The van der Waals surface area contributed by atoms with Crippen molar-refractivity contribution >= 4 is 47.7 Å². The molecule has 1 aromatic heterocycles. The maximum Gasteiger partial charge on any atom is 0.353 e. The Balaban J connectivity index is 0.000000258. The van der Waals surface area contributed by atoms with E-state index in [1.54, 1.807) is 0 Å². The number of nitrogens with two attached hydrogens (primary N) is 2. The number of nitrogen functional groups attached to an aromatic ring is 2. The second-order valence-electron chi connectivity index (χ2n) is 6.50. The molecule has 19 heteroatoms. The van der Waals surface area contributed by atoms with Gasteiger partial charge in [-0.15, -0.1) is 0 Å². The smallest absolute Gasteiger partial charge is 0.353 e. The van der Waals surface area contributed by atoms with Gasteiger partial charge in [-0.25, -0.2) is 9.48 Å². The fourth-order valence-electron chi connectivity index (χ4n) is 2.50.